The molecule has 0 aliphatic heterocycles. The van der Waals surface area contributed by atoms with Gasteiger partial charge in [-0.25, -0.2) is 0 Å². The van der Waals surface area contributed by atoms with E-state index in [1.54, 1.807) is 7.11 Å². The van der Waals surface area contributed by atoms with Gasteiger partial charge in [-0.3, -0.25) is 0 Å². The maximum atomic E-state index is 5.33. The van der Waals surface area contributed by atoms with Crippen LogP contribution in [0.5, 0.6) is 0 Å². The van der Waals surface area contributed by atoms with Crippen molar-refractivity contribution in [3.05, 3.63) is 0 Å². The summed E-state index contributed by atoms with van der Waals surface area (Å²) in [6.07, 6.45) is 1.15. The van der Waals surface area contributed by atoms with Crippen LogP contribution in [0.3, 0.4) is 0 Å². The highest BCUT2D eigenvalue weighted by atomic mass is 16.7. The highest BCUT2D eigenvalue weighted by Crippen LogP contribution is 2.01. The van der Waals surface area contributed by atoms with Crippen LogP contribution in [0.2, 0.25) is 0 Å². The van der Waals surface area contributed by atoms with Crippen LogP contribution in [-0.4, -0.2) is 19.5 Å². The molecule has 0 radical (unpaired) electrons. The quantitative estimate of drug-likeness (QED) is 0.543. The molecule has 2 nitrogen and oxygen atoms in total. The predicted molar refractivity (Wildman–Crippen MR) is 37.3 cm³/mol. The summed E-state index contributed by atoms with van der Waals surface area (Å²) in [5, 5.41) is 0. The molecule has 0 aromatic carbocycles. The normalized spacial score (nSPS) is 14.3. The Bertz CT molecular complexity index is 57.9. The van der Waals surface area contributed by atoms with Crippen molar-refractivity contribution >= 4 is 0 Å². The van der Waals surface area contributed by atoms with Crippen molar-refractivity contribution in [2.24, 2.45) is 0 Å². The molecule has 2 heteroatoms. The van der Waals surface area contributed by atoms with Crippen molar-refractivity contribution in [2.45, 2.75) is 39.6 Å². The zero-order valence-corrected chi connectivity index (χ0v) is 6.68. The van der Waals surface area contributed by atoms with E-state index in [-0.39, 0.29) is 12.4 Å². The summed E-state index contributed by atoms with van der Waals surface area (Å²) in [7, 11) is 1.66. The molecule has 0 aromatic heterocycles. The lowest BCUT2D eigenvalue weighted by Gasteiger charge is -2.16. The number of hydrogen-bond donors (Lipinski definition) is 0. The highest BCUT2D eigenvalue weighted by Gasteiger charge is 2.04. The first-order chi connectivity index (χ1) is 4.20. The number of methoxy groups -OCH3 is 1. The molecule has 0 spiro atoms. The molecule has 0 aliphatic carbocycles. The van der Waals surface area contributed by atoms with Crippen LogP contribution < -0.4 is 0 Å². The third-order valence-electron chi connectivity index (χ3n) is 1.02. The summed E-state index contributed by atoms with van der Waals surface area (Å²) >= 11 is 0. The Morgan fingerprint density at radius 3 is 2.00 bits per heavy atom. The molecule has 0 bridgehead atoms. The fraction of sp³-hybridized carbons (Fsp3) is 1.00. The van der Waals surface area contributed by atoms with Gasteiger partial charge in [0.15, 0.2) is 6.29 Å². The molecule has 0 saturated heterocycles. The van der Waals surface area contributed by atoms with E-state index in [0.717, 1.165) is 6.42 Å². The van der Waals surface area contributed by atoms with E-state index < -0.39 is 0 Å². The molecule has 9 heavy (non-hydrogen) atoms. The first-order valence-electron chi connectivity index (χ1n) is 3.39. The molecule has 1 atom stereocenters. The lowest BCUT2D eigenvalue weighted by atomic mass is 10.4. The SMILES string of the molecule is CCC(OC)OC(C)C. The van der Waals surface area contributed by atoms with Crippen LogP contribution in [0, 0.1) is 0 Å². The van der Waals surface area contributed by atoms with E-state index in [1.807, 2.05) is 20.8 Å². The second kappa shape index (κ2) is 4.77. The van der Waals surface area contributed by atoms with Crippen molar-refractivity contribution in [3.63, 3.8) is 0 Å². The van der Waals surface area contributed by atoms with Gasteiger partial charge >= 0.3 is 0 Å². The molecule has 0 N–H and O–H groups in total. The van der Waals surface area contributed by atoms with Crippen LogP contribution in [0.25, 0.3) is 0 Å². The Morgan fingerprint density at radius 1 is 1.33 bits per heavy atom. The maximum Gasteiger partial charge on any atom is 0.157 e. The van der Waals surface area contributed by atoms with E-state index in [4.69, 9.17) is 9.47 Å². The zero-order valence-electron chi connectivity index (χ0n) is 6.68. The smallest absolute Gasteiger partial charge is 0.157 e. The summed E-state index contributed by atoms with van der Waals surface area (Å²) in [5.74, 6) is 0. The summed E-state index contributed by atoms with van der Waals surface area (Å²) < 4.78 is 10.3. The summed E-state index contributed by atoms with van der Waals surface area (Å²) in [6.45, 7) is 6.04. The van der Waals surface area contributed by atoms with Gasteiger partial charge in [-0.05, 0) is 20.3 Å². The molecule has 56 valence electrons. The monoisotopic (exact) mass is 132 g/mol. The Morgan fingerprint density at radius 2 is 1.89 bits per heavy atom. The van der Waals surface area contributed by atoms with Gasteiger partial charge in [0.05, 0.1) is 6.10 Å². The number of hydrogen-bond acceptors (Lipinski definition) is 2. The van der Waals surface area contributed by atoms with Gasteiger partial charge in [-0.2, -0.15) is 0 Å². The van der Waals surface area contributed by atoms with E-state index in [9.17, 15) is 0 Å². The molecule has 0 rings (SSSR count). The molecule has 0 aromatic rings. The highest BCUT2D eigenvalue weighted by molar-refractivity contribution is 4.41. The Balaban J connectivity index is 3.31. The molecule has 0 heterocycles. The van der Waals surface area contributed by atoms with Crippen LogP contribution in [0.15, 0.2) is 0 Å². The van der Waals surface area contributed by atoms with Crippen molar-refractivity contribution < 1.29 is 9.47 Å². The van der Waals surface area contributed by atoms with Gasteiger partial charge in [0.25, 0.3) is 0 Å². The summed E-state index contributed by atoms with van der Waals surface area (Å²) in [5.41, 5.74) is 0. The predicted octanol–water partition coefficient (Wildman–Crippen LogP) is 1.79. The van der Waals surface area contributed by atoms with E-state index >= 15 is 0 Å². The van der Waals surface area contributed by atoms with Gasteiger partial charge in [-0.15, -0.1) is 0 Å². The second-order valence-corrected chi connectivity index (χ2v) is 2.26. The first kappa shape index (κ1) is 8.92. The minimum Gasteiger partial charge on any atom is -0.356 e. The summed E-state index contributed by atoms with van der Waals surface area (Å²) in [4.78, 5) is 0. The largest absolute Gasteiger partial charge is 0.356 e. The molecule has 1 unspecified atom stereocenters. The average molecular weight is 132 g/mol. The Hall–Kier alpha value is -0.0800. The van der Waals surface area contributed by atoms with Crippen LogP contribution in [0.4, 0.5) is 0 Å². The zero-order chi connectivity index (χ0) is 7.28. The third kappa shape index (κ3) is 4.43. The molecular formula is C7H16O2. The topological polar surface area (TPSA) is 18.5 Å². The van der Waals surface area contributed by atoms with Gasteiger partial charge in [0.2, 0.25) is 0 Å². The molecule has 0 aliphatic rings. The number of rotatable bonds is 4. The van der Waals surface area contributed by atoms with Crippen molar-refractivity contribution in [2.75, 3.05) is 7.11 Å². The molecule has 0 saturated carbocycles. The van der Waals surface area contributed by atoms with Crippen LogP contribution in [0.1, 0.15) is 27.2 Å². The standard InChI is InChI=1S/C7H16O2/c1-5-7(8-4)9-6(2)3/h6-7H,5H2,1-4H3. The second-order valence-electron chi connectivity index (χ2n) is 2.26. The van der Waals surface area contributed by atoms with Crippen LogP contribution >= 0.6 is 0 Å². The van der Waals surface area contributed by atoms with Gasteiger partial charge < -0.3 is 9.47 Å². The molecular weight excluding hydrogens is 116 g/mol. The van der Waals surface area contributed by atoms with Crippen molar-refractivity contribution in [1.29, 1.82) is 0 Å². The Kier molecular flexibility index (Phi) is 4.72. The fourth-order valence-corrected chi connectivity index (χ4v) is 0.622. The number of ether oxygens (including phenoxy) is 2. The minimum atomic E-state index is -0.0231. The van der Waals surface area contributed by atoms with Gasteiger partial charge in [0.1, 0.15) is 0 Å². The van der Waals surface area contributed by atoms with Crippen molar-refractivity contribution in [3.8, 4) is 0 Å². The minimum absolute atomic E-state index is 0.0231. The van der Waals surface area contributed by atoms with E-state index in [1.165, 1.54) is 0 Å². The maximum absolute atomic E-state index is 5.33. The Labute approximate surface area is 57.2 Å². The third-order valence-corrected chi connectivity index (χ3v) is 1.02. The lowest BCUT2D eigenvalue weighted by Crippen LogP contribution is -2.18. The fourth-order valence-electron chi connectivity index (χ4n) is 0.622. The average Bonchev–Trinajstić information content (AvgIpc) is 1.82. The first-order valence-corrected chi connectivity index (χ1v) is 3.39. The van der Waals surface area contributed by atoms with Gasteiger partial charge in [-0.1, -0.05) is 6.92 Å². The van der Waals surface area contributed by atoms with Crippen molar-refractivity contribution in [1.82, 2.24) is 0 Å². The van der Waals surface area contributed by atoms with E-state index in [2.05, 4.69) is 0 Å². The van der Waals surface area contributed by atoms with E-state index in [0.29, 0.717) is 0 Å². The lowest BCUT2D eigenvalue weighted by molar-refractivity contribution is -0.147. The summed E-state index contributed by atoms with van der Waals surface area (Å²) in [6, 6.07) is 0. The van der Waals surface area contributed by atoms with Crippen LogP contribution in [-0.2, 0) is 9.47 Å². The molecule has 0 amide bonds. The molecule has 0 fully saturated rings. The van der Waals surface area contributed by atoms with Gasteiger partial charge in [0, 0.05) is 7.11 Å².